The van der Waals surface area contributed by atoms with Gasteiger partial charge in [-0.2, -0.15) is 0 Å². The van der Waals surface area contributed by atoms with Gasteiger partial charge >= 0.3 is 0 Å². The molecule has 7 fully saturated rings. The van der Waals surface area contributed by atoms with E-state index in [-0.39, 0.29) is 12.2 Å². The van der Waals surface area contributed by atoms with Crippen LogP contribution in [0.2, 0.25) is 0 Å². The van der Waals surface area contributed by atoms with Gasteiger partial charge in [0, 0.05) is 0 Å². The molecule has 0 aromatic carbocycles. The number of aliphatic hydroxyl groups is 2. The number of rotatable bonds is 0. The van der Waals surface area contributed by atoms with Gasteiger partial charge in [-0.05, 0) is 83.9 Å². The molecule has 2 unspecified atom stereocenters. The minimum absolute atomic E-state index is 0.0371. The molecule has 0 spiro atoms. The van der Waals surface area contributed by atoms with Crippen LogP contribution < -0.4 is 0 Å². The zero-order valence-electron chi connectivity index (χ0n) is 10.4. The van der Waals surface area contributed by atoms with Crippen LogP contribution in [0.3, 0.4) is 0 Å². The normalized spacial score (nSPS) is 87.0. The summed E-state index contributed by atoms with van der Waals surface area (Å²) in [5.74, 6) is 9.38. The van der Waals surface area contributed by atoms with Crippen molar-refractivity contribution in [2.24, 2.45) is 71.0 Å². The molecule has 96 valence electrons. The fourth-order valence-corrected chi connectivity index (χ4v) is 9.73. The van der Waals surface area contributed by atoms with Gasteiger partial charge in [0.2, 0.25) is 0 Å². The molecule has 2 heteroatoms. The van der Waals surface area contributed by atoms with Crippen LogP contribution in [0.4, 0.5) is 0 Å². The fraction of sp³-hybridized carbons (Fsp3) is 1.00. The zero-order valence-corrected chi connectivity index (χ0v) is 10.4. The summed E-state index contributed by atoms with van der Waals surface area (Å²) in [5, 5.41) is 21.6. The fourth-order valence-electron chi connectivity index (χ4n) is 9.73. The van der Waals surface area contributed by atoms with Crippen molar-refractivity contribution in [2.75, 3.05) is 0 Å². The van der Waals surface area contributed by atoms with Crippen LogP contribution in [0, 0.1) is 71.0 Å². The molecule has 0 bridgehead atoms. The highest BCUT2D eigenvalue weighted by Gasteiger charge is 2.86. The van der Waals surface area contributed by atoms with Crippen LogP contribution in [0.15, 0.2) is 0 Å². The third kappa shape index (κ3) is 0.541. The van der Waals surface area contributed by atoms with Crippen LogP contribution >= 0.6 is 0 Å². The van der Waals surface area contributed by atoms with Gasteiger partial charge in [-0.25, -0.2) is 0 Å². The highest BCUT2D eigenvalue weighted by atomic mass is 16.3. The van der Waals surface area contributed by atoms with Crippen molar-refractivity contribution in [3.05, 3.63) is 0 Å². The Hall–Kier alpha value is -0.0800. The van der Waals surface area contributed by atoms with Crippen LogP contribution in [0.25, 0.3) is 0 Å². The molecular formula is C16H20O2. The molecule has 0 aromatic heterocycles. The van der Waals surface area contributed by atoms with Gasteiger partial charge in [-0.1, -0.05) is 0 Å². The van der Waals surface area contributed by atoms with Crippen molar-refractivity contribution in [2.45, 2.75) is 25.0 Å². The molecule has 0 saturated heterocycles. The molecule has 7 saturated carbocycles. The molecular weight excluding hydrogens is 224 g/mol. The maximum atomic E-state index is 10.8. The number of fused-ring (bicyclic) bond motifs is 3. The lowest BCUT2D eigenvalue weighted by Crippen LogP contribution is -2.49. The average Bonchev–Trinajstić information content (AvgIpc) is 2.98. The van der Waals surface area contributed by atoms with Crippen LogP contribution in [-0.4, -0.2) is 22.4 Å². The Morgan fingerprint density at radius 1 is 0.444 bits per heavy atom. The highest BCUT2D eigenvalue weighted by molar-refractivity contribution is 5.33. The second-order valence-corrected chi connectivity index (χ2v) is 8.66. The third-order valence-corrected chi connectivity index (χ3v) is 9.28. The molecule has 0 radical (unpaired) electrons. The van der Waals surface area contributed by atoms with E-state index >= 15 is 0 Å². The molecule has 18 heavy (non-hydrogen) atoms. The SMILES string of the molecule is O[C@@H]1[C@@H]2[C@H]3[C@H](O)[C@H]4[C@H]5C6C7[C@H]4CC[C@@H]7[C@H]1[C@H]6[C@H]2[C@@H]53. The lowest BCUT2D eigenvalue weighted by molar-refractivity contribution is -0.0896. The van der Waals surface area contributed by atoms with E-state index in [9.17, 15) is 10.2 Å². The number of aliphatic hydroxyl groups excluding tert-OH is 2. The molecule has 2 nitrogen and oxygen atoms in total. The predicted octanol–water partition coefficient (Wildman–Crippen LogP) is 0.978. The number of hydrogen-bond acceptors (Lipinski definition) is 2. The van der Waals surface area contributed by atoms with Gasteiger partial charge < -0.3 is 10.2 Å². The van der Waals surface area contributed by atoms with Crippen LogP contribution in [0.5, 0.6) is 0 Å². The lowest BCUT2D eigenvalue weighted by Gasteiger charge is -2.47. The summed E-state index contributed by atoms with van der Waals surface area (Å²) in [4.78, 5) is 0. The summed E-state index contributed by atoms with van der Waals surface area (Å²) in [6.45, 7) is 0. The molecule has 7 aliphatic carbocycles. The van der Waals surface area contributed by atoms with E-state index in [4.69, 9.17) is 0 Å². The molecule has 14 atom stereocenters. The van der Waals surface area contributed by atoms with E-state index in [1.807, 2.05) is 0 Å². The minimum Gasteiger partial charge on any atom is -0.393 e. The van der Waals surface area contributed by atoms with Crippen molar-refractivity contribution >= 4 is 0 Å². The third-order valence-electron chi connectivity index (χ3n) is 9.28. The first-order chi connectivity index (χ1) is 8.80. The van der Waals surface area contributed by atoms with Gasteiger partial charge in [0.15, 0.2) is 0 Å². The molecule has 7 aliphatic rings. The average molecular weight is 244 g/mol. The summed E-state index contributed by atoms with van der Waals surface area (Å²) < 4.78 is 0. The van der Waals surface area contributed by atoms with Crippen molar-refractivity contribution in [3.8, 4) is 0 Å². The summed E-state index contributed by atoms with van der Waals surface area (Å²) in [7, 11) is 0. The first-order valence-electron chi connectivity index (χ1n) is 8.17. The maximum Gasteiger partial charge on any atom is 0.0608 e. The van der Waals surface area contributed by atoms with Gasteiger partial charge in [-0.3, -0.25) is 0 Å². The Balaban J connectivity index is 1.58. The Morgan fingerprint density at radius 3 is 1.33 bits per heavy atom. The molecule has 7 rings (SSSR count). The Labute approximate surface area is 107 Å². The van der Waals surface area contributed by atoms with E-state index in [0.29, 0.717) is 23.7 Å². The predicted molar refractivity (Wildman–Crippen MR) is 63.1 cm³/mol. The molecule has 2 N–H and O–H groups in total. The standard InChI is InChI=1S/C16H20O2/c17-15-6-3-1-2-4-5(3)8-9(6)11-12-10(8)7(4)16(18)14(12)13(11)15/h3-18H,1-2H2/t3-,4+,5?,6-,7+,8?,9+,10-,11-,12+,13-,14-,15-,16+/m0/s1. The van der Waals surface area contributed by atoms with Crippen molar-refractivity contribution in [1.29, 1.82) is 0 Å². The second-order valence-electron chi connectivity index (χ2n) is 8.66. The monoisotopic (exact) mass is 244 g/mol. The van der Waals surface area contributed by atoms with Crippen molar-refractivity contribution < 1.29 is 10.2 Å². The van der Waals surface area contributed by atoms with Crippen molar-refractivity contribution in [3.63, 3.8) is 0 Å². The van der Waals surface area contributed by atoms with E-state index in [1.54, 1.807) is 0 Å². The van der Waals surface area contributed by atoms with Gasteiger partial charge in [0.25, 0.3) is 0 Å². The van der Waals surface area contributed by atoms with E-state index < -0.39 is 0 Å². The minimum atomic E-state index is -0.0371. The molecule has 0 aromatic rings. The van der Waals surface area contributed by atoms with Gasteiger partial charge in [0.05, 0.1) is 12.2 Å². The summed E-state index contributed by atoms with van der Waals surface area (Å²) in [6, 6.07) is 0. The quantitative estimate of drug-likeness (QED) is 0.667. The first kappa shape index (κ1) is 8.97. The number of hydrogen-bond donors (Lipinski definition) is 2. The first-order valence-corrected chi connectivity index (χ1v) is 8.17. The van der Waals surface area contributed by atoms with E-state index in [1.165, 1.54) is 12.8 Å². The van der Waals surface area contributed by atoms with E-state index in [2.05, 4.69) is 0 Å². The van der Waals surface area contributed by atoms with Crippen LogP contribution in [0.1, 0.15) is 12.8 Å². The second kappa shape index (κ2) is 2.22. The smallest absolute Gasteiger partial charge is 0.0608 e. The highest BCUT2D eigenvalue weighted by Crippen LogP contribution is 2.87. The Kier molecular flexibility index (Phi) is 1.11. The van der Waals surface area contributed by atoms with Gasteiger partial charge in [0.1, 0.15) is 0 Å². The Bertz CT molecular complexity index is 431. The van der Waals surface area contributed by atoms with Gasteiger partial charge in [-0.15, -0.1) is 0 Å². The van der Waals surface area contributed by atoms with E-state index in [0.717, 1.165) is 47.3 Å². The topological polar surface area (TPSA) is 40.5 Å². The summed E-state index contributed by atoms with van der Waals surface area (Å²) >= 11 is 0. The van der Waals surface area contributed by atoms with Crippen LogP contribution in [-0.2, 0) is 0 Å². The lowest BCUT2D eigenvalue weighted by atomic mass is 9.59. The maximum absolute atomic E-state index is 10.8. The molecule has 0 amide bonds. The Morgan fingerprint density at radius 2 is 0.833 bits per heavy atom. The molecule has 0 aliphatic heterocycles. The van der Waals surface area contributed by atoms with Crippen molar-refractivity contribution in [1.82, 2.24) is 0 Å². The largest absolute Gasteiger partial charge is 0.393 e. The molecule has 0 heterocycles. The zero-order chi connectivity index (χ0) is 11.5. The summed E-state index contributed by atoms with van der Waals surface area (Å²) in [5.41, 5.74) is 0. The summed E-state index contributed by atoms with van der Waals surface area (Å²) in [6.07, 6.45) is 2.67.